The van der Waals surface area contributed by atoms with E-state index in [-0.39, 0.29) is 29.3 Å². The lowest BCUT2D eigenvalue weighted by Gasteiger charge is -2.13. The Labute approximate surface area is 185 Å². The number of carbonyl (C=O) groups excluding carboxylic acids is 2. The molecule has 0 heterocycles. The number of rotatable bonds is 9. The Morgan fingerprint density at radius 3 is 2.25 bits per heavy atom. The minimum atomic E-state index is -3.81. The SMILES string of the molecule is Cc1cc(C)c(S(=O)(=O)NCCC(=O)NNC(=O)COc2ccccc2[N+](=O)[O-])c(C)c1. The highest BCUT2D eigenvalue weighted by molar-refractivity contribution is 7.89. The van der Waals surface area contributed by atoms with E-state index in [1.165, 1.54) is 24.3 Å². The normalized spacial score (nSPS) is 11.0. The van der Waals surface area contributed by atoms with E-state index in [4.69, 9.17) is 4.74 Å². The van der Waals surface area contributed by atoms with Crippen LogP contribution in [0.4, 0.5) is 5.69 Å². The standard InChI is InChI=1S/C20H24N4O7S/c1-13-10-14(2)20(15(3)11-13)32(29,30)21-9-8-18(25)22-23-19(26)12-31-17-7-5-4-6-16(17)24(27)28/h4-7,10-11,21H,8-9,12H2,1-3H3,(H,22,25)(H,23,26). The van der Waals surface area contributed by atoms with Crippen molar-refractivity contribution >= 4 is 27.5 Å². The summed E-state index contributed by atoms with van der Waals surface area (Å²) in [5, 5.41) is 10.9. The summed E-state index contributed by atoms with van der Waals surface area (Å²) in [6.07, 6.45) is -0.228. The topological polar surface area (TPSA) is 157 Å². The highest BCUT2D eigenvalue weighted by Gasteiger charge is 2.20. The predicted octanol–water partition coefficient (Wildman–Crippen LogP) is 1.41. The summed E-state index contributed by atoms with van der Waals surface area (Å²) in [5.74, 6) is -1.47. The van der Waals surface area contributed by atoms with Crippen molar-refractivity contribution in [3.8, 4) is 5.75 Å². The van der Waals surface area contributed by atoms with Crippen LogP contribution in [-0.2, 0) is 19.6 Å². The van der Waals surface area contributed by atoms with Gasteiger partial charge in [0.25, 0.3) is 5.91 Å². The molecule has 0 saturated heterocycles. The summed E-state index contributed by atoms with van der Waals surface area (Å²) in [6.45, 7) is 4.52. The molecular weight excluding hydrogens is 440 g/mol. The molecule has 0 fully saturated rings. The molecule has 2 aromatic rings. The van der Waals surface area contributed by atoms with Crippen LogP contribution in [0.5, 0.6) is 5.75 Å². The number of sulfonamides is 1. The molecule has 0 radical (unpaired) electrons. The molecular formula is C20H24N4O7S. The molecule has 0 spiro atoms. The van der Waals surface area contributed by atoms with Crippen LogP contribution < -0.4 is 20.3 Å². The van der Waals surface area contributed by atoms with Crippen molar-refractivity contribution in [3.63, 3.8) is 0 Å². The maximum atomic E-state index is 12.6. The van der Waals surface area contributed by atoms with E-state index in [0.29, 0.717) is 11.1 Å². The van der Waals surface area contributed by atoms with E-state index in [1.807, 2.05) is 6.92 Å². The third kappa shape index (κ3) is 6.75. The number of nitrogens with one attached hydrogen (secondary N) is 3. The quantitative estimate of drug-likeness (QED) is 0.374. The molecule has 0 bridgehead atoms. The first-order valence-electron chi connectivity index (χ1n) is 9.52. The van der Waals surface area contributed by atoms with Gasteiger partial charge in [-0.1, -0.05) is 29.8 Å². The van der Waals surface area contributed by atoms with E-state index in [0.717, 1.165) is 5.56 Å². The Morgan fingerprint density at radius 1 is 1.03 bits per heavy atom. The molecule has 12 heteroatoms. The first-order chi connectivity index (χ1) is 15.0. The number of benzene rings is 2. The lowest BCUT2D eigenvalue weighted by Crippen LogP contribution is -2.44. The smallest absolute Gasteiger partial charge is 0.310 e. The summed E-state index contributed by atoms with van der Waals surface area (Å²) in [5.41, 5.74) is 6.07. The molecule has 0 atom stereocenters. The van der Waals surface area contributed by atoms with Gasteiger partial charge in [0, 0.05) is 19.0 Å². The number of amides is 2. The van der Waals surface area contributed by atoms with Crippen LogP contribution >= 0.6 is 0 Å². The second-order valence-corrected chi connectivity index (χ2v) is 8.69. The monoisotopic (exact) mass is 464 g/mol. The summed E-state index contributed by atoms with van der Waals surface area (Å²) in [7, 11) is -3.81. The average molecular weight is 465 g/mol. The molecule has 2 rings (SSSR count). The zero-order valence-corrected chi connectivity index (χ0v) is 18.6. The molecule has 2 amide bonds. The number of hydrazine groups is 1. The second kappa shape index (κ2) is 10.7. The fraction of sp³-hybridized carbons (Fsp3) is 0.300. The number of nitrogens with zero attached hydrogens (tertiary/aromatic N) is 1. The van der Waals surface area contributed by atoms with Gasteiger partial charge in [0.15, 0.2) is 12.4 Å². The maximum absolute atomic E-state index is 12.6. The molecule has 0 aliphatic rings. The Balaban J connectivity index is 1.79. The predicted molar refractivity (Wildman–Crippen MR) is 115 cm³/mol. The van der Waals surface area contributed by atoms with Crippen LogP contribution in [0.1, 0.15) is 23.1 Å². The number of aryl methyl sites for hydroxylation is 3. The highest BCUT2D eigenvalue weighted by atomic mass is 32.2. The molecule has 0 aliphatic carbocycles. The Bertz CT molecular complexity index is 1110. The maximum Gasteiger partial charge on any atom is 0.310 e. The van der Waals surface area contributed by atoms with E-state index in [9.17, 15) is 28.1 Å². The largest absolute Gasteiger partial charge is 0.477 e. The number of nitro benzene ring substituents is 1. The average Bonchev–Trinajstić information content (AvgIpc) is 2.69. The number of carbonyl (C=O) groups is 2. The second-order valence-electron chi connectivity index (χ2n) is 6.99. The fourth-order valence-electron chi connectivity index (χ4n) is 3.07. The molecule has 0 unspecified atom stereocenters. The van der Waals surface area contributed by atoms with Gasteiger partial charge < -0.3 is 4.74 Å². The van der Waals surface area contributed by atoms with E-state index in [1.54, 1.807) is 26.0 Å². The zero-order chi connectivity index (χ0) is 23.9. The lowest BCUT2D eigenvalue weighted by atomic mass is 10.1. The van der Waals surface area contributed by atoms with E-state index >= 15 is 0 Å². The fourth-order valence-corrected chi connectivity index (χ4v) is 4.55. The highest BCUT2D eigenvalue weighted by Crippen LogP contribution is 2.25. The van der Waals surface area contributed by atoms with Gasteiger partial charge in [-0.3, -0.25) is 30.6 Å². The number of para-hydroxylation sites is 2. The molecule has 0 aliphatic heterocycles. The summed E-state index contributed by atoms with van der Waals surface area (Å²) < 4.78 is 32.6. The first kappa shape index (κ1) is 24.8. The van der Waals surface area contributed by atoms with Crippen molar-refractivity contribution in [3.05, 3.63) is 63.2 Å². The van der Waals surface area contributed by atoms with E-state index in [2.05, 4.69) is 15.6 Å². The lowest BCUT2D eigenvalue weighted by molar-refractivity contribution is -0.385. The van der Waals surface area contributed by atoms with Crippen LogP contribution in [0.3, 0.4) is 0 Å². The summed E-state index contributed by atoms with van der Waals surface area (Å²) in [6, 6.07) is 9.07. The third-order valence-electron chi connectivity index (χ3n) is 4.28. The van der Waals surface area contributed by atoms with Crippen molar-refractivity contribution in [2.24, 2.45) is 0 Å². The van der Waals surface area contributed by atoms with Gasteiger partial charge in [-0.25, -0.2) is 13.1 Å². The minimum Gasteiger partial charge on any atom is -0.477 e. The molecule has 2 aromatic carbocycles. The van der Waals surface area contributed by atoms with Gasteiger partial charge in [0.05, 0.1) is 9.82 Å². The molecule has 0 saturated carbocycles. The van der Waals surface area contributed by atoms with Crippen LogP contribution in [0.15, 0.2) is 41.3 Å². The van der Waals surface area contributed by atoms with Gasteiger partial charge >= 0.3 is 5.69 Å². The van der Waals surface area contributed by atoms with Crippen molar-refractivity contribution in [1.82, 2.24) is 15.6 Å². The van der Waals surface area contributed by atoms with Gasteiger partial charge in [0.2, 0.25) is 15.9 Å². The van der Waals surface area contributed by atoms with Crippen molar-refractivity contribution in [1.29, 1.82) is 0 Å². The zero-order valence-electron chi connectivity index (χ0n) is 17.8. The Morgan fingerprint density at radius 2 is 1.62 bits per heavy atom. The molecule has 0 aromatic heterocycles. The number of ether oxygens (including phenoxy) is 1. The number of hydrogen-bond donors (Lipinski definition) is 3. The van der Waals surface area contributed by atoms with Gasteiger partial charge in [0.1, 0.15) is 0 Å². The van der Waals surface area contributed by atoms with Crippen LogP contribution in [0.25, 0.3) is 0 Å². The number of nitro groups is 1. The summed E-state index contributed by atoms with van der Waals surface area (Å²) in [4.78, 5) is 34.1. The molecule has 172 valence electrons. The summed E-state index contributed by atoms with van der Waals surface area (Å²) >= 11 is 0. The third-order valence-corrected chi connectivity index (χ3v) is 6.05. The van der Waals surface area contributed by atoms with Crippen LogP contribution in [0.2, 0.25) is 0 Å². The van der Waals surface area contributed by atoms with Gasteiger partial charge in [-0.05, 0) is 38.0 Å². The molecule has 32 heavy (non-hydrogen) atoms. The van der Waals surface area contributed by atoms with Crippen molar-refractivity contribution < 1.29 is 27.7 Å². The Hall–Kier alpha value is -3.51. The first-order valence-corrected chi connectivity index (χ1v) is 11.0. The minimum absolute atomic E-state index is 0.0879. The molecule has 3 N–H and O–H groups in total. The number of hydrogen-bond acceptors (Lipinski definition) is 7. The van der Waals surface area contributed by atoms with Crippen molar-refractivity contribution in [2.75, 3.05) is 13.2 Å². The van der Waals surface area contributed by atoms with E-state index < -0.39 is 33.4 Å². The van der Waals surface area contributed by atoms with Gasteiger partial charge in [-0.15, -0.1) is 0 Å². The molecule has 11 nitrogen and oxygen atoms in total. The van der Waals surface area contributed by atoms with Crippen LogP contribution in [-0.4, -0.2) is 38.3 Å². The Kier molecular flexibility index (Phi) is 8.27. The van der Waals surface area contributed by atoms with Gasteiger partial charge in [-0.2, -0.15) is 0 Å². The van der Waals surface area contributed by atoms with Crippen LogP contribution in [0, 0.1) is 30.9 Å². The van der Waals surface area contributed by atoms with Crippen molar-refractivity contribution in [2.45, 2.75) is 32.1 Å².